The van der Waals surface area contributed by atoms with Crippen molar-refractivity contribution in [2.45, 2.75) is 303 Å². The SMILES string of the molecule is CC/C=C\C/C=C\C/C=C\C/C=C\C/C=C\C/C=C\C/C=C\CCCCCCCCCC(=O)OCC(COC(=O)CCCCCCC/C=C\CCC)OC(=O)CCCCCCCCCCCCCC/C=C\C/C=C\C/C=C\C/C=C\CC. The van der Waals surface area contributed by atoms with Crippen LogP contribution in [0.15, 0.2) is 146 Å². The summed E-state index contributed by atoms with van der Waals surface area (Å²) in [7, 11) is 0. The van der Waals surface area contributed by atoms with Gasteiger partial charge < -0.3 is 14.2 Å². The van der Waals surface area contributed by atoms with E-state index < -0.39 is 6.10 Å². The number of esters is 3. The number of carbonyl (C=O) groups is 3. The summed E-state index contributed by atoms with van der Waals surface area (Å²) in [5, 5.41) is 0. The number of hydrogen-bond acceptors (Lipinski definition) is 6. The lowest BCUT2D eigenvalue weighted by Crippen LogP contribution is -2.30. The van der Waals surface area contributed by atoms with E-state index in [9.17, 15) is 14.4 Å². The molecule has 6 nitrogen and oxygen atoms in total. The second kappa shape index (κ2) is 68.8. The average Bonchev–Trinajstić information content (AvgIpc) is 3.48. The first-order chi connectivity index (χ1) is 40.5. The van der Waals surface area contributed by atoms with E-state index >= 15 is 0 Å². The maximum atomic E-state index is 12.9. The number of hydrogen-bond donors (Lipinski definition) is 0. The zero-order chi connectivity index (χ0) is 59.2. The van der Waals surface area contributed by atoms with Gasteiger partial charge in [-0.25, -0.2) is 0 Å². The van der Waals surface area contributed by atoms with Crippen molar-refractivity contribution in [3.8, 4) is 0 Å². The van der Waals surface area contributed by atoms with Gasteiger partial charge in [-0.15, -0.1) is 0 Å². The highest BCUT2D eigenvalue weighted by Crippen LogP contribution is 2.16. The van der Waals surface area contributed by atoms with Crippen LogP contribution in [0.2, 0.25) is 0 Å². The molecule has 0 amide bonds. The molecule has 0 heterocycles. The maximum Gasteiger partial charge on any atom is 0.306 e. The Labute approximate surface area is 506 Å². The molecule has 6 heteroatoms. The molecule has 0 aliphatic heterocycles. The number of unbranched alkanes of at least 4 members (excludes halogenated alkanes) is 25. The van der Waals surface area contributed by atoms with Crippen LogP contribution in [0, 0.1) is 0 Å². The third-order valence-corrected chi connectivity index (χ3v) is 14.0. The van der Waals surface area contributed by atoms with Gasteiger partial charge in [-0.05, 0) is 135 Å². The molecule has 0 radical (unpaired) electrons. The number of ether oxygens (including phenoxy) is 3. The minimum Gasteiger partial charge on any atom is -0.462 e. The summed E-state index contributed by atoms with van der Waals surface area (Å²) in [4.78, 5) is 38.3. The highest BCUT2D eigenvalue weighted by molar-refractivity contribution is 5.71. The van der Waals surface area contributed by atoms with Crippen LogP contribution < -0.4 is 0 Å². The van der Waals surface area contributed by atoms with Crippen molar-refractivity contribution < 1.29 is 28.6 Å². The predicted octanol–water partition coefficient (Wildman–Crippen LogP) is 23.5. The fourth-order valence-corrected chi connectivity index (χ4v) is 9.06. The smallest absolute Gasteiger partial charge is 0.306 e. The standard InChI is InChI=1S/C76H124O6/c1-4-7-10-13-16-19-22-24-26-28-30-32-34-36-37-38-39-41-42-44-46-48-50-52-54-57-60-63-66-69-75(78)81-72-73(71-80-74(77)68-65-62-59-56-21-18-15-12-9-6-3)82-76(79)70-67-64-61-58-55-53-51-49-47-45-43-40-35-33-31-29-27-25-23-20-17-14-11-8-5-2/h7-8,10-12,15-17,19-20,24-27,30-33,36-37,39,41,44,46,73H,4-6,9,13-14,18,21-23,28-29,34-35,38,40,42-43,45,47-72H2,1-3H3/b10-7-,11-8-,15-12-,19-16-,20-17-,26-24-,27-25-,32-30-,33-31-,37-36-,41-39-,46-44-. The van der Waals surface area contributed by atoms with E-state index in [1.807, 2.05) is 0 Å². The van der Waals surface area contributed by atoms with Gasteiger partial charge in [-0.3, -0.25) is 14.4 Å². The van der Waals surface area contributed by atoms with Crippen molar-refractivity contribution in [1.82, 2.24) is 0 Å². The highest BCUT2D eigenvalue weighted by atomic mass is 16.6. The van der Waals surface area contributed by atoms with Gasteiger partial charge in [0.2, 0.25) is 0 Å². The van der Waals surface area contributed by atoms with E-state index in [0.717, 1.165) is 154 Å². The zero-order valence-corrected chi connectivity index (χ0v) is 53.2. The van der Waals surface area contributed by atoms with E-state index in [4.69, 9.17) is 14.2 Å². The molecule has 0 aliphatic rings. The summed E-state index contributed by atoms with van der Waals surface area (Å²) in [6.45, 7) is 6.34. The van der Waals surface area contributed by atoms with Crippen molar-refractivity contribution in [3.63, 3.8) is 0 Å². The molecule has 1 atom stereocenters. The lowest BCUT2D eigenvalue weighted by molar-refractivity contribution is -0.167. The molecular weight excluding hydrogens is 1010 g/mol. The van der Waals surface area contributed by atoms with Gasteiger partial charge in [0.25, 0.3) is 0 Å². The summed E-state index contributed by atoms with van der Waals surface area (Å²) in [6.07, 6.45) is 98.7. The van der Waals surface area contributed by atoms with Crippen LogP contribution in [0.4, 0.5) is 0 Å². The van der Waals surface area contributed by atoms with Crippen LogP contribution in [-0.2, 0) is 28.6 Å². The molecule has 0 N–H and O–H groups in total. The first-order valence-electron chi connectivity index (χ1n) is 33.8. The third kappa shape index (κ3) is 66.1. The molecule has 0 aromatic carbocycles. The Bertz CT molecular complexity index is 1780. The summed E-state index contributed by atoms with van der Waals surface area (Å²) in [5.41, 5.74) is 0. The Balaban J connectivity index is 4.28. The van der Waals surface area contributed by atoms with E-state index in [-0.39, 0.29) is 31.1 Å². The largest absolute Gasteiger partial charge is 0.462 e. The summed E-state index contributed by atoms with van der Waals surface area (Å²) in [5.74, 6) is -0.911. The Morgan fingerprint density at radius 2 is 0.476 bits per heavy atom. The Morgan fingerprint density at radius 1 is 0.256 bits per heavy atom. The molecule has 0 saturated carbocycles. The molecule has 0 aromatic heterocycles. The first-order valence-corrected chi connectivity index (χ1v) is 33.8. The summed E-state index contributed by atoms with van der Waals surface area (Å²) >= 11 is 0. The lowest BCUT2D eigenvalue weighted by Gasteiger charge is -2.18. The third-order valence-electron chi connectivity index (χ3n) is 14.0. The lowest BCUT2D eigenvalue weighted by atomic mass is 10.0. The van der Waals surface area contributed by atoms with Crippen molar-refractivity contribution in [1.29, 1.82) is 0 Å². The molecule has 464 valence electrons. The fourth-order valence-electron chi connectivity index (χ4n) is 9.06. The van der Waals surface area contributed by atoms with Crippen LogP contribution in [0.3, 0.4) is 0 Å². The molecule has 0 spiro atoms. The van der Waals surface area contributed by atoms with Crippen LogP contribution in [-0.4, -0.2) is 37.2 Å². The molecule has 1 unspecified atom stereocenters. The van der Waals surface area contributed by atoms with Crippen LogP contribution in [0.1, 0.15) is 297 Å². The van der Waals surface area contributed by atoms with Gasteiger partial charge in [-0.2, -0.15) is 0 Å². The van der Waals surface area contributed by atoms with Gasteiger partial charge in [0.1, 0.15) is 13.2 Å². The molecule has 0 rings (SSSR count). The molecular formula is C76H124O6. The van der Waals surface area contributed by atoms with Crippen LogP contribution in [0.25, 0.3) is 0 Å². The highest BCUT2D eigenvalue weighted by Gasteiger charge is 2.19. The quantitative estimate of drug-likeness (QED) is 0.0261. The molecule has 82 heavy (non-hydrogen) atoms. The minimum atomic E-state index is -0.793. The monoisotopic (exact) mass is 1130 g/mol. The maximum absolute atomic E-state index is 12.9. The molecule has 0 saturated heterocycles. The molecule has 0 bridgehead atoms. The Kier molecular flexibility index (Phi) is 64.8. The van der Waals surface area contributed by atoms with E-state index in [2.05, 4.69) is 167 Å². The van der Waals surface area contributed by atoms with Gasteiger partial charge >= 0.3 is 17.9 Å². The van der Waals surface area contributed by atoms with Crippen molar-refractivity contribution in [3.05, 3.63) is 146 Å². The van der Waals surface area contributed by atoms with E-state index in [1.165, 1.54) is 103 Å². The molecule has 0 aromatic rings. The van der Waals surface area contributed by atoms with Crippen molar-refractivity contribution in [2.75, 3.05) is 13.2 Å². The van der Waals surface area contributed by atoms with Gasteiger partial charge in [-0.1, -0.05) is 289 Å². The second-order valence-electron chi connectivity index (χ2n) is 22.0. The normalized spacial score (nSPS) is 13.1. The van der Waals surface area contributed by atoms with Gasteiger partial charge in [0.05, 0.1) is 0 Å². The minimum absolute atomic E-state index is 0.0900. The average molecular weight is 1130 g/mol. The zero-order valence-electron chi connectivity index (χ0n) is 53.2. The van der Waals surface area contributed by atoms with Crippen molar-refractivity contribution in [2.24, 2.45) is 0 Å². The van der Waals surface area contributed by atoms with Crippen LogP contribution >= 0.6 is 0 Å². The molecule has 0 aliphatic carbocycles. The van der Waals surface area contributed by atoms with Gasteiger partial charge in [0, 0.05) is 19.3 Å². The summed E-state index contributed by atoms with van der Waals surface area (Å²) < 4.78 is 16.9. The van der Waals surface area contributed by atoms with Gasteiger partial charge in [0.15, 0.2) is 6.10 Å². The number of rotatable bonds is 60. The predicted molar refractivity (Wildman–Crippen MR) is 357 cm³/mol. The fraction of sp³-hybridized carbons (Fsp3) is 0.645. The van der Waals surface area contributed by atoms with E-state index in [0.29, 0.717) is 19.3 Å². The molecule has 0 fully saturated rings. The van der Waals surface area contributed by atoms with Crippen LogP contribution in [0.5, 0.6) is 0 Å². The number of allylic oxidation sites excluding steroid dienone is 24. The number of carbonyl (C=O) groups excluding carboxylic acids is 3. The van der Waals surface area contributed by atoms with Crippen molar-refractivity contribution >= 4 is 17.9 Å². The summed E-state index contributed by atoms with van der Waals surface area (Å²) in [6, 6.07) is 0. The Morgan fingerprint density at radius 3 is 0.756 bits per heavy atom. The first kappa shape index (κ1) is 77.3. The van der Waals surface area contributed by atoms with E-state index in [1.54, 1.807) is 0 Å². The topological polar surface area (TPSA) is 78.9 Å². The second-order valence-corrected chi connectivity index (χ2v) is 22.0. The Hall–Kier alpha value is -4.71.